The highest BCUT2D eigenvalue weighted by Crippen LogP contribution is 2.33. The van der Waals surface area contributed by atoms with Gasteiger partial charge in [0, 0.05) is 10.8 Å². The largest absolute Gasteiger partial charge is 0.299 e. The third-order valence-corrected chi connectivity index (χ3v) is 8.70. The third kappa shape index (κ3) is 6.35. The van der Waals surface area contributed by atoms with E-state index >= 15 is 0 Å². The second-order valence-corrected chi connectivity index (χ2v) is 12.0. The lowest BCUT2D eigenvalue weighted by Gasteiger charge is -2.24. The van der Waals surface area contributed by atoms with E-state index in [0.29, 0.717) is 16.1 Å². The Morgan fingerprint density at radius 3 is 2.53 bits per heavy atom. The van der Waals surface area contributed by atoms with Gasteiger partial charge in [-0.1, -0.05) is 78.3 Å². The van der Waals surface area contributed by atoms with Crippen LogP contribution in [0, 0.1) is 5.92 Å². The zero-order valence-corrected chi connectivity index (χ0v) is 21.1. The monoisotopic (exact) mass is 530 g/mol. The number of thioether (sulfide) groups is 1. The van der Waals surface area contributed by atoms with Gasteiger partial charge in [-0.2, -0.15) is 0 Å². The summed E-state index contributed by atoms with van der Waals surface area (Å²) in [7, 11) is -4.08. The molecule has 0 radical (unpaired) electrons. The zero-order valence-electron chi connectivity index (χ0n) is 17.2. The highest BCUT2D eigenvalue weighted by molar-refractivity contribution is 8.01. The van der Waals surface area contributed by atoms with Crippen LogP contribution in [0.3, 0.4) is 0 Å². The lowest BCUT2D eigenvalue weighted by Crippen LogP contribution is -2.38. The molecule has 32 heavy (non-hydrogen) atoms. The fourth-order valence-corrected chi connectivity index (χ4v) is 6.31. The Labute approximate surface area is 205 Å². The molecule has 1 heterocycles. The van der Waals surface area contributed by atoms with Crippen LogP contribution in [0.4, 0.5) is 10.8 Å². The molecule has 0 saturated carbocycles. The molecule has 3 aromatic rings. The number of hydrogen-bond acceptors (Lipinski definition) is 7. The Morgan fingerprint density at radius 2 is 1.88 bits per heavy atom. The van der Waals surface area contributed by atoms with Crippen molar-refractivity contribution in [2.75, 3.05) is 21.9 Å². The normalized spacial score (nSPS) is 11.5. The Morgan fingerprint density at radius 1 is 1.16 bits per heavy atom. The molecule has 0 aliphatic rings. The van der Waals surface area contributed by atoms with Crippen LogP contribution in [-0.2, 0) is 14.8 Å². The van der Waals surface area contributed by atoms with Gasteiger partial charge < -0.3 is 0 Å². The minimum Gasteiger partial charge on any atom is -0.299 e. The molecule has 0 fully saturated rings. The second-order valence-electron chi connectivity index (χ2n) is 7.05. The van der Waals surface area contributed by atoms with E-state index in [1.54, 1.807) is 30.0 Å². The maximum atomic E-state index is 13.3. The summed E-state index contributed by atoms with van der Waals surface area (Å²) in [6.45, 7) is 3.69. The van der Waals surface area contributed by atoms with Gasteiger partial charge in [-0.3, -0.25) is 14.4 Å². The summed E-state index contributed by atoms with van der Waals surface area (Å²) in [5.41, 5.74) is 0.139. The molecule has 0 unspecified atom stereocenters. The maximum absolute atomic E-state index is 13.3. The van der Waals surface area contributed by atoms with Crippen molar-refractivity contribution in [2.24, 2.45) is 5.92 Å². The summed E-state index contributed by atoms with van der Waals surface area (Å²) in [6.07, 6.45) is 0. The molecule has 0 spiro atoms. The van der Waals surface area contributed by atoms with Gasteiger partial charge in [0.2, 0.25) is 11.0 Å². The molecule has 0 saturated heterocycles. The summed E-state index contributed by atoms with van der Waals surface area (Å²) in [6, 6.07) is 12.2. The van der Waals surface area contributed by atoms with Crippen molar-refractivity contribution < 1.29 is 13.2 Å². The van der Waals surface area contributed by atoms with Crippen molar-refractivity contribution in [2.45, 2.75) is 23.1 Å². The number of hydrogen-bond donors (Lipinski definition) is 1. The van der Waals surface area contributed by atoms with Crippen molar-refractivity contribution in [1.82, 2.24) is 10.2 Å². The van der Waals surface area contributed by atoms with E-state index in [9.17, 15) is 13.2 Å². The fourth-order valence-electron chi connectivity index (χ4n) is 2.55. The van der Waals surface area contributed by atoms with Gasteiger partial charge in [0.1, 0.15) is 6.54 Å². The average molecular weight is 532 g/mol. The number of nitrogens with one attached hydrogen (secondary N) is 1. The van der Waals surface area contributed by atoms with Crippen molar-refractivity contribution in [3.8, 4) is 0 Å². The topological polar surface area (TPSA) is 92.3 Å². The first-order valence-corrected chi connectivity index (χ1v) is 13.5. The van der Waals surface area contributed by atoms with E-state index in [0.717, 1.165) is 14.4 Å². The predicted molar refractivity (Wildman–Crippen MR) is 132 cm³/mol. The minimum atomic E-state index is -4.08. The van der Waals surface area contributed by atoms with E-state index in [1.807, 2.05) is 0 Å². The van der Waals surface area contributed by atoms with Crippen LogP contribution in [0.5, 0.6) is 0 Å². The molecule has 1 amide bonds. The molecule has 3 rings (SSSR count). The number of nitrogens with zero attached hydrogens (tertiary/aromatic N) is 3. The first kappa shape index (κ1) is 24.8. The van der Waals surface area contributed by atoms with Crippen LogP contribution < -0.4 is 9.62 Å². The van der Waals surface area contributed by atoms with Crippen molar-refractivity contribution >= 4 is 73.0 Å². The quantitative estimate of drug-likeness (QED) is 0.293. The number of anilines is 2. The standard InChI is InChI=1S/C20H20Cl2N4O3S3/c1-13(2)12-30-20-25-24-19(31-20)23-18(27)11-26(17-9-8-14(21)10-16(17)22)32(28,29)15-6-4-3-5-7-15/h3-10,13H,11-12H2,1-2H3,(H,23,24,27). The Hall–Kier alpha value is -1.85. The van der Waals surface area contributed by atoms with Gasteiger partial charge in [0.15, 0.2) is 4.34 Å². The molecule has 0 bridgehead atoms. The maximum Gasteiger partial charge on any atom is 0.264 e. The van der Waals surface area contributed by atoms with Gasteiger partial charge in [-0.15, -0.1) is 10.2 Å². The van der Waals surface area contributed by atoms with Crippen LogP contribution in [0.1, 0.15) is 13.8 Å². The minimum absolute atomic E-state index is 0.0297. The van der Waals surface area contributed by atoms with Gasteiger partial charge in [-0.05, 0) is 36.2 Å². The highest BCUT2D eigenvalue weighted by Gasteiger charge is 2.29. The Balaban J connectivity index is 1.85. The van der Waals surface area contributed by atoms with Crippen LogP contribution in [0.15, 0.2) is 57.8 Å². The molecule has 2 aromatic carbocycles. The molecule has 0 aliphatic carbocycles. The number of carbonyl (C=O) groups is 1. The zero-order chi connectivity index (χ0) is 23.3. The van der Waals surface area contributed by atoms with Gasteiger partial charge in [0.25, 0.3) is 10.0 Å². The van der Waals surface area contributed by atoms with Gasteiger partial charge in [0.05, 0.1) is 15.6 Å². The van der Waals surface area contributed by atoms with Gasteiger partial charge >= 0.3 is 0 Å². The van der Waals surface area contributed by atoms with Crippen molar-refractivity contribution in [3.05, 3.63) is 58.6 Å². The SMILES string of the molecule is CC(C)CSc1nnc(NC(=O)CN(c2ccc(Cl)cc2Cl)S(=O)(=O)c2ccccc2)s1. The molecule has 0 aliphatic heterocycles. The number of carbonyl (C=O) groups excluding carboxylic acids is 1. The number of amides is 1. The van der Waals surface area contributed by atoms with Crippen LogP contribution >= 0.6 is 46.3 Å². The number of aromatic nitrogens is 2. The summed E-state index contributed by atoms with van der Waals surface area (Å²) in [5, 5.41) is 11.4. The smallest absolute Gasteiger partial charge is 0.264 e. The molecular weight excluding hydrogens is 511 g/mol. The summed E-state index contributed by atoms with van der Waals surface area (Å²) >= 11 is 15.0. The number of rotatable bonds is 9. The lowest BCUT2D eigenvalue weighted by atomic mass is 10.3. The summed E-state index contributed by atoms with van der Waals surface area (Å²) in [5.74, 6) is 0.788. The first-order valence-electron chi connectivity index (χ1n) is 9.46. The molecule has 0 atom stereocenters. The van der Waals surface area contributed by atoms with Crippen LogP contribution in [0.2, 0.25) is 10.0 Å². The third-order valence-electron chi connectivity index (χ3n) is 3.99. The van der Waals surface area contributed by atoms with Crippen LogP contribution in [0.25, 0.3) is 0 Å². The van der Waals surface area contributed by atoms with Crippen LogP contribution in [-0.4, -0.2) is 36.8 Å². The number of halogens is 2. The van der Waals surface area contributed by atoms with Crippen molar-refractivity contribution in [1.29, 1.82) is 0 Å². The Bertz CT molecular complexity index is 1190. The van der Waals surface area contributed by atoms with Gasteiger partial charge in [-0.25, -0.2) is 8.42 Å². The second kappa shape index (κ2) is 10.8. The van der Waals surface area contributed by atoms with Crippen molar-refractivity contribution in [3.63, 3.8) is 0 Å². The molecule has 170 valence electrons. The predicted octanol–water partition coefficient (Wildman–Crippen LogP) is 5.43. The highest BCUT2D eigenvalue weighted by atomic mass is 35.5. The average Bonchev–Trinajstić information content (AvgIpc) is 3.19. The van der Waals surface area contributed by atoms with E-state index in [4.69, 9.17) is 23.2 Å². The summed E-state index contributed by atoms with van der Waals surface area (Å²) < 4.78 is 28.3. The summed E-state index contributed by atoms with van der Waals surface area (Å²) in [4.78, 5) is 12.8. The molecular formula is C20H20Cl2N4O3S3. The van der Waals surface area contributed by atoms with E-state index in [2.05, 4.69) is 29.4 Å². The lowest BCUT2D eigenvalue weighted by molar-refractivity contribution is -0.114. The molecule has 12 heteroatoms. The molecule has 1 aromatic heterocycles. The fraction of sp³-hybridized carbons (Fsp3) is 0.250. The number of sulfonamides is 1. The molecule has 1 N–H and O–H groups in total. The number of benzene rings is 2. The first-order chi connectivity index (χ1) is 15.2. The van der Waals surface area contributed by atoms with E-state index in [-0.39, 0.29) is 15.6 Å². The molecule has 7 nitrogen and oxygen atoms in total. The van der Waals surface area contributed by atoms with E-state index < -0.39 is 22.5 Å². The van der Waals surface area contributed by atoms with E-state index in [1.165, 1.54) is 41.7 Å². The Kier molecular flexibility index (Phi) is 8.40.